The van der Waals surface area contributed by atoms with Gasteiger partial charge in [-0.3, -0.25) is 5.10 Å². The highest BCUT2D eigenvalue weighted by atomic mass is 19.1. The lowest BCUT2D eigenvalue weighted by Crippen LogP contribution is -2.41. The second kappa shape index (κ2) is 7.13. The van der Waals surface area contributed by atoms with Gasteiger partial charge < -0.3 is 15.4 Å². The number of ether oxygens (including phenoxy) is 1. The van der Waals surface area contributed by atoms with Crippen LogP contribution in [0.4, 0.5) is 14.9 Å². The summed E-state index contributed by atoms with van der Waals surface area (Å²) in [6, 6.07) is 6.72. The monoisotopic (exact) mass is 318 g/mol. The number of nitrogens with one attached hydrogen (secondary N) is 3. The van der Waals surface area contributed by atoms with Crippen LogP contribution < -0.4 is 15.4 Å². The predicted octanol–water partition coefficient (Wildman–Crippen LogP) is 2.44. The fraction of sp³-hybridized carbons (Fsp3) is 0.375. The summed E-state index contributed by atoms with van der Waals surface area (Å²) in [5.41, 5.74) is 2.92. The molecule has 0 unspecified atom stereocenters. The Morgan fingerprint density at radius 3 is 3.26 bits per heavy atom. The van der Waals surface area contributed by atoms with Crippen molar-refractivity contribution >= 4 is 11.7 Å². The van der Waals surface area contributed by atoms with Crippen LogP contribution in [-0.4, -0.2) is 35.6 Å². The number of rotatable bonds is 5. The van der Waals surface area contributed by atoms with Gasteiger partial charge in [-0.1, -0.05) is 6.07 Å². The number of benzene rings is 1. The zero-order chi connectivity index (χ0) is 16.1. The molecule has 0 spiro atoms. The molecular formula is C16H19FN4O2. The van der Waals surface area contributed by atoms with E-state index in [0.717, 1.165) is 25.0 Å². The third kappa shape index (κ3) is 4.00. The summed E-state index contributed by atoms with van der Waals surface area (Å²) >= 11 is 0. The number of H-pyrrole nitrogens is 1. The Morgan fingerprint density at radius 1 is 1.48 bits per heavy atom. The topological polar surface area (TPSA) is 79.0 Å². The second-order valence-electron chi connectivity index (χ2n) is 5.48. The van der Waals surface area contributed by atoms with Crippen LogP contribution in [0.3, 0.4) is 0 Å². The predicted molar refractivity (Wildman–Crippen MR) is 84.5 cm³/mol. The van der Waals surface area contributed by atoms with Crippen molar-refractivity contribution in [3.8, 4) is 5.75 Å². The summed E-state index contributed by atoms with van der Waals surface area (Å²) in [4.78, 5) is 12.1. The van der Waals surface area contributed by atoms with E-state index in [-0.39, 0.29) is 18.7 Å². The first-order chi connectivity index (χ1) is 11.2. The zero-order valence-electron chi connectivity index (χ0n) is 12.6. The van der Waals surface area contributed by atoms with E-state index in [4.69, 9.17) is 4.74 Å². The number of halogens is 1. The summed E-state index contributed by atoms with van der Waals surface area (Å²) in [5, 5.41) is 12.7. The normalized spacial score (nSPS) is 16.5. The average molecular weight is 318 g/mol. The summed E-state index contributed by atoms with van der Waals surface area (Å²) in [7, 11) is 0. The van der Waals surface area contributed by atoms with Gasteiger partial charge in [0.1, 0.15) is 19.0 Å². The summed E-state index contributed by atoms with van der Waals surface area (Å²) in [6.07, 6.45) is 4.39. The fourth-order valence-corrected chi connectivity index (χ4v) is 2.70. The molecule has 1 aromatic carbocycles. The highest BCUT2D eigenvalue weighted by molar-refractivity contribution is 5.89. The van der Waals surface area contributed by atoms with Gasteiger partial charge in [-0.15, -0.1) is 0 Å². The van der Waals surface area contributed by atoms with Gasteiger partial charge in [-0.2, -0.15) is 5.10 Å². The number of fused-ring (bicyclic) bond motifs is 1. The van der Waals surface area contributed by atoms with Crippen molar-refractivity contribution in [2.24, 2.45) is 0 Å². The van der Waals surface area contributed by atoms with Crippen LogP contribution in [0.25, 0.3) is 0 Å². The van der Waals surface area contributed by atoms with Gasteiger partial charge in [0, 0.05) is 29.9 Å². The molecule has 3 N–H and O–H groups in total. The third-order valence-electron chi connectivity index (χ3n) is 3.79. The van der Waals surface area contributed by atoms with Gasteiger partial charge in [-0.05, 0) is 30.5 Å². The van der Waals surface area contributed by atoms with Crippen LogP contribution >= 0.6 is 0 Å². The molecule has 6 nitrogen and oxygen atoms in total. The molecule has 2 amide bonds. The van der Waals surface area contributed by atoms with E-state index in [0.29, 0.717) is 11.4 Å². The van der Waals surface area contributed by atoms with Gasteiger partial charge in [0.05, 0.1) is 6.20 Å². The van der Waals surface area contributed by atoms with Crippen LogP contribution in [0.15, 0.2) is 30.5 Å². The maximum absolute atomic E-state index is 12.1. The van der Waals surface area contributed by atoms with Crippen molar-refractivity contribution in [3.63, 3.8) is 0 Å². The molecule has 0 aliphatic heterocycles. The Morgan fingerprint density at radius 2 is 2.39 bits per heavy atom. The third-order valence-corrected chi connectivity index (χ3v) is 3.79. The number of urea groups is 1. The molecule has 0 saturated heterocycles. The molecule has 2 aromatic rings. The lowest BCUT2D eigenvalue weighted by atomic mass is 9.94. The van der Waals surface area contributed by atoms with E-state index >= 15 is 0 Å². The number of hydrogen-bond donors (Lipinski definition) is 3. The first kappa shape index (κ1) is 15.3. The quantitative estimate of drug-likeness (QED) is 0.792. The number of carbonyl (C=O) groups is 1. The van der Waals surface area contributed by atoms with E-state index < -0.39 is 6.67 Å². The number of aryl methyl sites for hydroxylation is 1. The maximum Gasteiger partial charge on any atom is 0.319 e. The Labute approximate surface area is 133 Å². The molecule has 0 saturated carbocycles. The van der Waals surface area contributed by atoms with Crippen LogP contribution in [-0.2, 0) is 12.8 Å². The van der Waals surface area contributed by atoms with Crippen LogP contribution in [0.2, 0.25) is 0 Å². The number of amides is 2. The maximum atomic E-state index is 12.1. The molecule has 1 aromatic heterocycles. The second-order valence-corrected chi connectivity index (χ2v) is 5.48. The molecule has 0 bridgehead atoms. The minimum atomic E-state index is -0.546. The average Bonchev–Trinajstić information content (AvgIpc) is 3.01. The Balaban J connectivity index is 1.53. The molecule has 1 atom stereocenters. The SMILES string of the molecule is O=C(Nc1cccc(OCCF)c1)N[C@H]1CCc2cn[nH]c2C1. The molecule has 7 heteroatoms. The van der Waals surface area contributed by atoms with Crippen molar-refractivity contribution in [2.45, 2.75) is 25.3 Å². The Bertz CT molecular complexity index is 674. The first-order valence-corrected chi connectivity index (χ1v) is 7.62. The first-order valence-electron chi connectivity index (χ1n) is 7.62. The molecule has 23 heavy (non-hydrogen) atoms. The minimum absolute atomic E-state index is 0.00421. The van der Waals surface area contributed by atoms with Gasteiger partial charge in [0.2, 0.25) is 0 Å². The van der Waals surface area contributed by atoms with Gasteiger partial charge in [0.15, 0.2) is 0 Å². The highest BCUT2D eigenvalue weighted by Gasteiger charge is 2.21. The fourth-order valence-electron chi connectivity index (χ4n) is 2.70. The number of nitrogens with zero attached hydrogens (tertiary/aromatic N) is 1. The molecule has 1 aliphatic carbocycles. The van der Waals surface area contributed by atoms with Gasteiger partial charge in [-0.25, -0.2) is 9.18 Å². The van der Waals surface area contributed by atoms with Crippen LogP contribution in [0.1, 0.15) is 17.7 Å². The van der Waals surface area contributed by atoms with E-state index in [1.165, 1.54) is 5.56 Å². The lowest BCUT2D eigenvalue weighted by Gasteiger charge is -2.23. The number of aromatic amines is 1. The molecule has 0 radical (unpaired) electrons. The van der Waals surface area contributed by atoms with Crippen molar-refractivity contribution in [1.82, 2.24) is 15.5 Å². The molecule has 1 aliphatic rings. The molecule has 3 rings (SSSR count). The number of hydrogen-bond acceptors (Lipinski definition) is 3. The van der Waals surface area contributed by atoms with E-state index in [2.05, 4.69) is 20.8 Å². The molecular weight excluding hydrogens is 299 g/mol. The minimum Gasteiger partial charge on any atom is -0.491 e. The summed E-state index contributed by atoms with van der Waals surface area (Å²) < 4.78 is 17.3. The summed E-state index contributed by atoms with van der Waals surface area (Å²) in [6.45, 7) is -0.542. The Hall–Kier alpha value is -2.57. The number of aromatic nitrogens is 2. The van der Waals surface area contributed by atoms with Crippen LogP contribution in [0.5, 0.6) is 5.75 Å². The number of carbonyl (C=O) groups excluding carboxylic acids is 1. The standard InChI is InChI=1S/C16H19FN4O2/c17-6-7-23-14-3-1-2-12(8-14)19-16(22)20-13-5-4-11-10-18-21-15(11)9-13/h1-3,8,10,13H,4-7,9H2,(H,18,21)(H2,19,20,22)/t13-/m0/s1. The number of anilines is 1. The van der Waals surface area contributed by atoms with Gasteiger partial charge in [0.25, 0.3) is 0 Å². The van der Waals surface area contributed by atoms with Gasteiger partial charge >= 0.3 is 6.03 Å². The van der Waals surface area contributed by atoms with Crippen molar-refractivity contribution in [1.29, 1.82) is 0 Å². The van der Waals surface area contributed by atoms with E-state index in [1.54, 1.807) is 24.3 Å². The zero-order valence-corrected chi connectivity index (χ0v) is 12.6. The lowest BCUT2D eigenvalue weighted by molar-refractivity contribution is 0.247. The summed E-state index contributed by atoms with van der Waals surface area (Å²) in [5.74, 6) is 0.528. The van der Waals surface area contributed by atoms with Crippen molar-refractivity contribution < 1.29 is 13.9 Å². The molecule has 122 valence electrons. The number of alkyl halides is 1. The van der Waals surface area contributed by atoms with E-state index in [9.17, 15) is 9.18 Å². The van der Waals surface area contributed by atoms with Crippen molar-refractivity contribution in [2.75, 3.05) is 18.6 Å². The van der Waals surface area contributed by atoms with Crippen molar-refractivity contribution in [3.05, 3.63) is 41.7 Å². The molecule has 1 heterocycles. The highest BCUT2D eigenvalue weighted by Crippen LogP contribution is 2.20. The largest absolute Gasteiger partial charge is 0.491 e. The smallest absolute Gasteiger partial charge is 0.319 e. The Kier molecular flexibility index (Phi) is 4.75. The van der Waals surface area contributed by atoms with Crippen LogP contribution in [0, 0.1) is 0 Å². The molecule has 0 fully saturated rings. The van der Waals surface area contributed by atoms with E-state index in [1.807, 2.05) is 6.20 Å².